The number of nitrogens with one attached hydrogen (secondary N) is 1. The molecule has 0 aliphatic heterocycles. The van der Waals surface area contributed by atoms with Crippen LogP contribution >= 0.6 is 0 Å². The van der Waals surface area contributed by atoms with Crippen LogP contribution in [-0.4, -0.2) is 23.7 Å². The average Bonchev–Trinajstić information content (AvgIpc) is 2.74. The summed E-state index contributed by atoms with van der Waals surface area (Å²) in [6.45, 7) is 0. The zero-order chi connectivity index (χ0) is 20.1. The zero-order valence-electron chi connectivity index (χ0n) is 14.9. The van der Waals surface area contributed by atoms with E-state index in [0.717, 1.165) is 0 Å². The number of hydrogen-bond donors (Lipinski definition) is 1. The monoisotopic (exact) mass is 376 g/mol. The number of anilines is 1. The predicted molar refractivity (Wildman–Crippen MR) is 104 cm³/mol. The summed E-state index contributed by atoms with van der Waals surface area (Å²) in [6.07, 6.45) is 0. The lowest BCUT2D eigenvalue weighted by molar-refractivity contribution is -0.384. The number of ether oxygens (including phenoxy) is 1. The topological polar surface area (TPSA) is 98.5 Å². The Bertz CT molecular complexity index is 1030. The van der Waals surface area contributed by atoms with E-state index in [1.807, 2.05) is 6.07 Å². The number of rotatable bonds is 6. The van der Waals surface area contributed by atoms with Gasteiger partial charge < -0.3 is 10.1 Å². The van der Waals surface area contributed by atoms with Gasteiger partial charge >= 0.3 is 0 Å². The maximum Gasteiger partial charge on any atom is 0.296 e. The van der Waals surface area contributed by atoms with Gasteiger partial charge in [-0.2, -0.15) is 0 Å². The zero-order valence-corrected chi connectivity index (χ0v) is 14.9. The maximum atomic E-state index is 12.4. The van der Waals surface area contributed by atoms with E-state index >= 15 is 0 Å². The molecule has 3 aromatic rings. The lowest BCUT2D eigenvalue weighted by Gasteiger charge is -2.08. The summed E-state index contributed by atoms with van der Waals surface area (Å²) in [6, 6.07) is 19.1. The van der Waals surface area contributed by atoms with Crippen LogP contribution in [0.25, 0.3) is 0 Å². The van der Waals surface area contributed by atoms with Gasteiger partial charge in [0.15, 0.2) is 5.78 Å². The molecule has 3 aromatic carbocycles. The van der Waals surface area contributed by atoms with Crippen molar-refractivity contribution < 1.29 is 19.2 Å². The van der Waals surface area contributed by atoms with Crippen molar-refractivity contribution in [2.75, 3.05) is 12.4 Å². The molecule has 0 atom stereocenters. The normalized spacial score (nSPS) is 10.2. The van der Waals surface area contributed by atoms with Gasteiger partial charge in [-0.05, 0) is 24.3 Å². The molecule has 28 heavy (non-hydrogen) atoms. The van der Waals surface area contributed by atoms with Crippen LogP contribution in [0.3, 0.4) is 0 Å². The molecule has 140 valence electrons. The summed E-state index contributed by atoms with van der Waals surface area (Å²) in [5.41, 5.74) is 1.05. The minimum atomic E-state index is -0.597. The second-order valence-electron chi connectivity index (χ2n) is 5.87. The summed E-state index contributed by atoms with van der Waals surface area (Å²) in [5, 5.41) is 13.7. The van der Waals surface area contributed by atoms with Crippen molar-refractivity contribution >= 4 is 23.1 Å². The van der Waals surface area contributed by atoms with Crippen LogP contribution in [0.2, 0.25) is 0 Å². The number of methoxy groups -OCH3 is 1. The summed E-state index contributed by atoms with van der Waals surface area (Å²) in [7, 11) is 1.40. The molecule has 3 rings (SSSR count). The molecule has 0 saturated carbocycles. The smallest absolute Gasteiger partial charge is 0.296 e. The number of amides is 1. The van der Waals surface area contributed by atoms with Crippen molar-refractivity contribution in [3.63, 3.8) is 0 Å². The number of ketones is 1. The van der Waals surface area contributed by atoms with Gasteiger partial charge in [-0.3, -0.25) is 19.7 Å². The summed E-state index contributed by atoms with van der Waals surface area (Å²) >= 11 is 0. The largest absolute Gasteiger partial charge is 0.496 e. The van der Waals surface area contributed by atoms with Crippen LogP contribution < -0.4 is 10.1 Å². The van der Waals surface area contributed by atoms with Gasteiger partial charge in [-0.15, -0.1) is 0 Å². The molecule has 0 saturated heterocycles. The van der Waals surface area contributed by atoms with Crippen molar-refractivity contribution in [2.45, 2.75) is 0 Å². The van der Waals surface area contributed by atoms with Gasteiger partial charge in [-0.25, -0.2) is 0 Å². The highest BCUT2D eigenvalue weighted by Crippen LogP contribution is 2.29. The average molecular weight is 376 g/mol. The number of hydrogen-bond acceptors (Lipinski definition) is 5. The molecule has 0 aliphatic carbocycles. The number of nitrogens with zero attached hydrogens (tertiary/aromatic N) is 1. The van der Waals surface area contributed by atoms with Crippen LogP contribution in [0, 0.1) is 10.1 Å². The second-order valence-corrected chi connectivity index (χ2v) is 5.87. The Morgan fingerprint density at radius 2 is 1.50 bits per heavy atom. The first-order chi connectivity index (χ1) is 13.5. The molecule has 0 fully saturated rings. The molecule has 0 heterocycles. The first-order valence-electron chi connectivity index (χ1n) is 8.33. The summed E-state index contributed by atoms with van der Waals surface area (Å²) < 4.78 is 4.97. The van der Waals surface area contributed by atoms with Gasteiger partial charge in [0.05, 0.1) is 18.1 Å². The number of nitro groups is 1. The number of benzene rings is 3. The summed E-state index contributed by atoms with van der Waals surface area (Å²) in [5.74, 6) is -0.362. The van der Waals surface area contributed by atoms with E-state index in [0.29, 0.717) is 16.9 Å². The molecule has 0 spiro atoms. The molecule has 1 N–H and O–H groups in total. The fourth-order valence-corrected chi connectivity index (χ4v) is 2.62. The number of carbonyl (C=O) groups excluding carboxylic acids is 2. The highest BCUT2D eigenvalue weighted by atomic mass is 16.6. The standard InChI is InChI=1S/C21H16N2O5/c1-28-17-11-12-18(19(13-17)23(26)27)22-21(25)16-9-7-15(8-10-16)20(24)14-5-3-2-4-6-14/h2-13H,1H3,(H,22,25). The van der Waals surface area contributed by atoms with Gasteiger partial charge in [0, 0.05) is 16.7 Å². The lowest BCUT2D eigenvalue weighted by Crippen LogP contribution is -2.13. The SMILES string of the molecule is COc1ccc(NC(=O)c2ccc(C(=O)c3ccccc3)cc2)c([N+](=O)[O-])c1. The molecule has 0 radical (unpaired) electrons. The van der Waals surface area contributed by atoms with Crippen LogP contribution in [0.5, 0.6) is 5.75 Å². The highest BCUT2D eigenvalue weighted by Gasteiger charge is 2.18. The third-order valence-corrected chi connectivity index (χ3v) is 4.10. The maximum absolute atomic E-state index is 12.4. The van der Waals surface area contributed by atoms with E-state index in [9.17, 15) is 19.7 Å². The Labute approximate surface area is 160 Å². The minimum Gasteiger partial charge on any atom is -0.496 e. The molecule has 0 bridgehead atoms. The third-order valence-electron chi connectivity index (χ3n) is 4.10. The van der Waals surface area contributed by atoms with Gasteiger partial charge in [0.2, 0.25) is 0 Å². The molecule has 1 amide bonds. The third kappa shape index (κ3) is 4.04. The Morgan fingerprint density at radius 1 is 0.893 bits per heavy atom. The quantitative estimate of drug-likeness (QED) is 0.397. The fraction of sp³-hybridized carbons (Fsp3) is 0.0476. The van der Waals surface area contributed by atoms with E-state index in [1.54, 1.807) is 36.4 Å². The minimum absolute atomic E-state index is 0.0558. The Hall–Kier alpha value is -4.00. The van der Waals surface area contributed by atoms with Gasteiger partial charge in [0.1, 0.15) is 11.4 Å². The van der Waals surface area contributed by atoms with Crippen LogP contribution in [-0.2, 0) is 0 Å². The van der Waals surface area contributed by atoms with Crippen molar-refractivity contribution in [3.05, 3.63) is 99.6 Å². The number of carbonyl (C=O) groups is 2. The fourth-order valence-electron chi connectivity index (χ4n) is 2.62. The summed E-state index contributed by atoms with van der Waals surface area (Å²) in [4.78, 5) is 35.5. The van der Waals surface area contributed by atoms with Crippen LogP contribution in [0.15, 0.2) is 72.8 Å². The van der Waals surface area contributed by atoms with Gasteiger partial charge in [0.25, 0.3) is 11.6 Å². The molecular weight excluding hydrogens is 360 g/mol. The molecule has 0 aliphatic rings. The Morgan fingerprint density at radius 3 is 2.11 bits per heavy atom. The van der Waals surface area contributed by atoms with Crippen molar-refractivity contribution in [3.8, 4) is 5.75 Å². The molecule has 7 heteroatoms. The van der Waals surface area contributed by atoms with Crippen molar-refractivity contribution in [1.29, 1.82) is 0 Å². The van der Waals surface area contributed by atoms with E-state index in [1.165, 1.54) is 37.4 Å². The second kappa shape index (κ2) is 8.13. The Balaban J connectivity index is 1.79. The van der Waals surface area contributed by atoms with Crippen molar-refractivity contribution in [1.82, 2.24) is 0 Å². The van der Waals surface area contributed by atoms with Crippen LogP contribution in [0.1, 0.15) is 26.3 Å². The van der Waals surface area contributed by atoms with Crippen molar-refractivity contribution in [2.24, 2.45) is 0 Å². The number of nitro benzene ring substituents is 1. The lowest BCUT2D eigenvalue weighted by atomic mass is 10.0. The van der Waals surface area contributed by atoms with E-state index in [4.69, 9.17) is 4.74 Å². The van der Waals surface area contributed by atoms with E-state index < -0.39 is 10.8 Å². The van der Waals surface area contributed by atoms with E-state index in [-0.39, 0.29) is 22.7 Å². The first-order valence-corrected chi connectivity index (χ1v) is 8.33. The predicted octanol–water partition coefficient (Wildman–Crippen LogP) is 4.09. The van der Waals surface area contributed by atoms with Gasteiger partial charge in [-0.1, -0.05) is 42.5 Å². The Kier molecular flexibility index (Phi) is 5.45. The highest BCUT2D eigenvalue weighted by molar-refractivity contribution is 6.10. The first kappa shape index (κ1) is 18.8. The molecule has 7 nitrogen and oxygen atoms in total. The van der Waals surface area contributed by atoms with Crippen LogP contribution in [0.4, 0.5) is 11.4 Å². The molecule has 0 aromatic heterocycles. The molecular formula is C21H16N2O5. The molecule has 0 unspecified atom stereocenters. The van der Waals surface area contributed by atoms with E-state index in [2.05, 4.69) is 5.32 Å².